The van der Waals surface area contributed by atoms with E-state index < -0.39 is 0 Å². The summed E-state index contributed by atoms with van der Waals surface area (Å²) in [4.78, 5) is 37.7. The van der Waals surface area contributed by atoms with Crippen LogP contribution in [0.1, 0.15) is 74.7 Å². The quantitative estimate of drug-likeness (QED) is 0.312. The Bertz CT molecular complexity index is 573. The highest BCUT2D eigenvalue weighted by atomic mass is 16.5. The van der Waals surface area contributed by atoms with Crippen LogP contribution < -0.4 is 5.32 Å². The van der Waals surface area contributed by atoms with Crippen LogP contribution >= 0.6 is 0 Å². The Kier molecular flexibility index (Phi) is 19.7. The molecule has 2 amide bonds. The van der Waals surface area contributed by atoms with Crippen molar-refractivity contribution < 1.29 is 19.1 Å². The van der Waals surface area contributed by atoms with Gasteiger partial charge in [0.05, 0.1) is 19.2 Å². The van der Waals surface area contributed by atoms with E-state index in [0.29, 0.717) is 18.6 Å². The molecule has 1 aliphatic heterocycles. The maximum atomic E-state index is 11.9. The number of hydrogen-bond acceptors (Lipinski definition) is 5. The number of nitrogens with one attached hydrogen (secondary N) is 1. The average molecular weight is 470 g/mol. The van der Waals surface area contributed by atoms with Gasteiger partial charge < -0.3 is 19.9 Å². The number of carbonyl (C=O) groups is 3. The minimum Gasteiger partial charge on any atom is -0.463 e. The van der Waals surface area contributed by atoms with Gasteiger partial charge in [-0.25, -0.2) is 4.79 Å². The van der Waals surface area contributed by atoms with Crippen LogP contribution in [0.3, 0.4) is 0 Å². The average Bonchev–Trinajstić information content (AvgIpc) is 2.75. The first kappa shape index (κ1) is 33.3. The van der Waals surface area contributed by atoms with Gasteiger partial charge in [-0.2, -0.15) is 0 Å². The van der Waals surface area contributed by atoms with Crippen LogP contribution in [0, 0.1) is 17.8 Å². The molecule has 33 heavy (non-hydrogen) atoms. The van der Waals surface area contributed by atoms with Gasteiger partial charge in [0.25, 0.3) is 0 Å². The summed E-state index contributed by atoms with van der Waals surface area (Å²) in [5, 5.41) is 2.34. The minimum atomic E-state index is -0.384. The number of piperidine rings is 1. The van der Waals surface area contributed by atoms with Crippen molar-refractivity contribution in [3.8, 4) is 0 Å². The second kappa shape index (κ2) is 19.6. The van der Waals surface area contributed by atoms with Crippen LogP contribution in [0.25, 0.3) is 0 Å². The predicted octanol–water partition coefficient (Wildman–Crippen LogP) is 4.13. The van der Waals surface area contributed by atoms with E-state index in [1.807, 2.05) is 13.8 Å². The van der Waals surface area contributed by atoms with E-state index in [4.69, 9.17) is 4.74 Å². The van der Waals surface area contributed by atoms with Gasteiger partial charge in [0.15, 0.2) is 0 Å². The van der Waals surface area contributed by atoms with Crippen molar-refractivity contribution in [1.82, 2.24) is 15.1 Å². The Morgan fingerprint density at radius 1 is 1.18 bits per heavy atom. The third-order valence-electron chi connectivity index (χ3n) is 5.18. The van der Waals surface area contributed by atoms with E-state index in [1.54, 1.807) is 27.0 Å². The van der Waals surface area contributed by atoms with Crippen molar-refractivity contribution in [3.63, 3.8) is 0 Å². The molecule has 194 valence electrons. The van der Waals surface area contributed by atoms with Gasteiger partial charge in [-0.1, -0.05) is 54.0 Å². The molecule has 7 nitrogen and oxygen atoms in total. The van der Waals surface area contributed by atoms with Gasteiger partial charge in [0, 0.05) is 19.2 Å². The van der Waals surface area contributed by atoms with E-state index in [0.717, 1.165) is 11.8 Å². The molecule has 1 saturated heterocycles. The number of rotatable bonds is 9. The third kappa shape index (κ3) is 17.3. The summed E-state index contributed by atoms with van der Waals surface area (Å²) in [6.07, 6.45) is 6.44. The van der Waals surface area contributed by atoms with Crippen molar-refractivity contribution >= 4 is 18.3 Å². The van der Waals surface area contributed by atoms with E-state index in [1.165, 1.54) is 37.3 Å². The zero-order valence-corrected chi connectivity index (χ0v) is 22.9. The minimum absolute atomic E-state index is 0.0600. The van der Waals surface area contributed by atoms with E-state index >= 15 is 0 Å². The molecular formula is C26H51N3O4. The van der Waals surface area contributed by atoms with Gasteiger partial charge in [-0.15, -0.1) is 0 Å². The second-order valence-electron chi connectivity index (χ2n) is 9.72. The monoisotopic (exact) mass is 469 g/mol. The topological polar surface area (TPSA) is 79.0 Å². The first-order chi connectivity index (χ1) is 15.4. The number of carbonyl (C=O) groups excluding carboxylic acids is 3. The number of nitrogens with zero attached hydrogens (tertiary/aromatic N) is 2. The van der Waals surface area contributed by atoms with E-state index in [-0.39, 0.29) is 30.4 Å². The Morgan fingerprint density at radius 2 is 1.76 bits per heavy atom. The van der Waals surface area contributed by atoms with Crippen molar-refractivity contribution in [3.05, 3.63) is 11.6 Å². The van der Waals surface area contributed by atoms with Crippen molar-refractivity contribution in [2.45, 2.75) is 80.7 Å². The fourth-order valence-electron chi connectivity index (χ4n) is 3.35. The lowest BCUT2D eigenvalue weighted by Gasteiger charge is -2.29. The summed E-state index contributed by atoms with van der Waals surface area (Å²) in [7, 11) is 3.87. The molecular weight excluding hydrogens is 418 g/mol. The highest BCUT2D eigenvalue weighted by Gasteiger charge is 2.22. The van der Waals surface area contributed by atoms with Crippen molar-refractivity contribution in [1.29, 1.82) is 0 Å². The molecule has 7 heteroatoms. The summed E-state index contributed by atoms with van der Waals surface area (Å²) in [6, 6.07) is -0.236. The number of likely N-dealkylation sites (tertiary alicyclic amines) is 1. The van der Waals surface area contributed by atoms with Crippen molar-refractivity contribution in [2.24, 2.45) is 17.8 Å². The first-order valence-corrected chi connectivity index (χ1v) is 12.4. The molecule has 1 heterocycles. The van der Waals surface area contributed by atoms with Crippen LogP contribution in [0.5, 0.6) is 0 Å². The molecule has 0 aromatic heterocycles. The molecule has 0 aromatic carbocycles. The lowest BCUT2D eigenvalue weighted by atomic mass is 9.96. The zero-order valence-electron chi connectivity index (χ0n) is 22.9. The largest absolute Gasteiger partial charge is 0.463 e. The second-order valence-corrected chi connectivity index (χ2v) is 9.72. The Hall–Kier alpha value is -1.89. The molecule has 1 aliphatic rings. The molecule has 0 radical (unpaired) electrons. The Morgan fingerprint density at radius 3 is 2.15 bits per heavy atom. The number of likely N-dealkylation sites (N-methyl/N-ethyl adjacent to an activating group) is 1. The maximum Gasteiger partial charge on any atom is 0.333 e. The molecule has 0 unspecified atom stereocenters. The molecule has 2 atom stereocenters. The summed E-state index contributed by atoms with van der Waals surface area (Å²) in [5.74, 6) is 1.35. The van der Waals surface area contributed by atoms with E-state index in [2.05, 4.69) is 45.0 Å². The smallest absolute Gasteiger partial charge is 0.333 e. The molecule has 1 rings (SSSR count). The lowest BCUT2D eigenvalue weighted by Crippen LogP contribution is -2.43. The van der Waals surface area contributed by atoms with E-state index in [9.17, 15) is 14.4 Å². The first-order valence-electron chi connectivity index (χ1n) is 12.4. The molecule has 0 aromatic rings. The normalized spacial score (nSPS) is 17.2. The van der Waals surface area contributed by atoms with Gasteiger partial charge >= 0.3 is 5.97 Å². The molecule has 0 aliphatic carbocycles. The highest BCUT2D eigenvalue weighted by Crippen LogP contribution is 2.17. The summed E-state index contributed by atoms with van der Waals surface area (Å²) in [6.45, 7) is 19.0. The molecule has 0 bridgehead atoms. The third-order valence-corrected chi connectivity index (χ3v) is 5.18. The van der Waals surface area contributed by atoms with Gasteiger partial charge in [-0.05, 0) is 58.0 Å². The lowest BCUT2D eigenvalue weighted by molar-refractivity contribution is -0.138. The Balaban J connectivity index is 0. The van der Waals surface area contributed by atoms with Crippen LogP contribution in [-0.2, 0) is 19.1 Å². The summed E-state index contributed by atoms with van der Waals surface area (Å²) in [5.41, 5.74) is 0.466. The molecule has 1 fully saturated rings. The van der Waals surface area contributed by atoms with Crippen molar-refractivity contribution in [2.75, 3.05) is 40.3 Å². The van der Waals surface area contributed by atoms with Gasteiger partial charge in [0.2, 0.25) is 12.3 Å². The van der Waals surface area contributed by atoms with Gasteiger partial charge in [0.1, 0.15) is 0 Å². The van der Waals surface area contributed by atoms with Gasteiger partial charge in [-0.3, -0.25) is 9.59 Å². The fourth-order valence-corrected chi connectivity index (χ4v) is 3.35. The SMILES string of the molecule is CC(C)C.CCOC(=O)/C(C)=C/[C@H](C(C)C)N(C)C(=O)CNC=O.CC[C@H]1CCCN(C)C1. The summed E-state index contributed by atoms with van der Waals surface area (Å²) >= 11 is 0. The zero-order chi connectivity index (χ0) is 26.0. The molecule has 0 spiro atoms. The molecule has 1 N–H and O–H groups in total. The standard InChI is InChI=1S/C14H24N2O4.C8H17N.C4H10/c1-6-20-14(19)11(4)7-12(10(2)3)16(5)13(18)8-15-9-17;1-3-8-5-4-6-9(2)7-8;1-4(2)3/h7,9-10,12H,6,8H2,1-5H3,(H,15,17);8H,3-7H2,1-2H3;4H,1-3H3/b11-7+;;/t12-;8-;/m10./s1. The van der Waals surface area contributed by atoms with Crippen LogP contribution in [0.4, 0.5) is 0 Å². The van der Waals surface area contributed by atoms with Crippen LogP contribution in [-0.4, -0.2) is 74.5 Å². The highest BCUT2D eigenvalue weighted by molar-refractivity contribution is 5.88. The number of hydrogen-bond donors (Lipinski definition) is 1. The number of ether oxygens (including phenoxy) is 1. The molecule has 0 saturated carbocycles. The van der Waals surface area contributed by atoms with Crippen LogP contribution in [0.15, 0.2) is 11.6 Å². The predicted molar refractivity (Wildman–Crippen MR) is 137 cm³/mol. The number of esters is 1. The summed E-state index contributed by atoms with van der Waals surface area (Å²) < 4.78 is 4.92. The van der Waals surface area contributed by atoms with Crippen LogP contribution in [0.2, 0.25) is 0 Å². The maximum absolute atomic E-state index is 11.9. The fraction of sp³-hybridized carbons (Fsp3) is 0.808. The number of amides is 2. The Labute approximate surface area is 203 Å².